The summed E-state index contributed by atoms with van der Waals surface area (Å²) in [5.74, 6) is 0.386. The molecule has 0 aliphatic heterocycles. The van der Waals surface area contributed by atoms with Gasteiger partial charge in [0.05, 0.1) is 0 Å². The number of hydrogen-bond donors (Lipinski definition) is 1. The van der Waals surface area contributed by atoms with Crippen molar-refractivity contribution in [2.24, 2.45) is 0 Å². The molecular weight excluding hydrogens is 261 g/mol. The number of rotatable bonds is 3. The lowest BCUT2D eigenvalue weighted by atomic mass is 9.80. The predicted octanol–water partition coefficient (Wildman–Crippen LogP) is 5.27. The van der Waals surface area contributed by atoms with Gasteiger partial charge in [0.2, 0.25) is 0 Å². The zero-order chi connectivity index (χ0) is 14.7. The lowest BCUT2D eigenvalue weighted by Crippen LogP contribution is -2.30. The Hall–Kier alpha value is -1.83. The van der Waals surface area contributed by atoms with Gasteiger partial charge in [-0.25, -0.2) is 4.39 Å². The first-order valence-electron chi connectivity index (χ1n) is 7.81. The van der Waals surface area contributed by atoms with Gasteiger partial charge in [-0.15, -0.1) is 0 Å². The van der Waals surface area contributed by atoms with Gasteiger partial charge in [0, 0.05) is 17.6 Å². The molecule has 2 unspecified atom stereocenters. The van der Waals surface area contributed by atoms with Gasteiger partial charge in [-0.2, -0.15) is 0 Å². The van der Waals surface area contributed by atoms with Crippen LogP contribution in [0.3, 0.4) is 0 Å². The third-order valence-electron chi connectivity index (χ3n) is 4.52. The fourth-order valence-electron chi connectivity index (χ4n) is 3.30. The van der Waals surface area contributed by atoms with E-state index in [0.717, 1.165) is 12.1 Å². The highest BCUT2D eigenvalue weighted by Gasteiger charge is 2.26. The molecule has 0 radical (unpaired) electrons. The summed E-state index contributed by atoms with van der Waals surface area (Å²) in [6, 6.07) is 16.5. The highest BCUT2D eigenvalue weighted by molar-refractivity contribution is 5.47. The molecule has 1 fully saturated rings. The summed E-state index contributed by atoms with van der Waals surface area (Å²) in [5, 5.41) is 3.56. The molecule has 2 atom stereocenters. The zero-order valence-electron chi connectivity index (χ0n) is 12.5. The van der Waals surface area contributed by atoms with Crippen LogP contribution in [0.15, 0.2) is 48.5 Å². The minimum absolute atomic E-state index is 0.132. The second-order valence-corrected chi connectivity index (χ2v) is 6.02. The summed E-state index contributed by atoms with van der Waals surface area (Å²) in [6.07, 6.45) is 4.88. The molecule has 2 aromatic carbocycles. The quantitative estimate of drug-likeness (QED) is 0.809. The van der Waals surface area contributed by atoms with E-state index in [4.69, 9.17) is 0 Å². The minimum atomic E-state index is -0.132. The van der Waals surface area contributed by atoms with E-state index >= 15 is 0 Å². The van der Waals surface area contributed by atoms with E-state index in [-0.39, 0.29) is 5.82 Å². The minimum Gasteiger partial charge on any atom is -0.382 e. The summed E-state index contributed by atoms with van der Waals surface area (Å²) in [7, 11) is 0. The first-order valence-corrected chi connectivity index (χ1v) is 7.81. The van der Waals surface area contributed by atoms with E-state index in [1.54, 1.807) is 13.0 Å². The van der Waals surface area contributed by atoms with E-state index in [1.165, 1.54) is 24.8 Å². The zero-order valence-corrected chi connectivity index (χ0v) is 12.5. The van der Waals surface area contributed by atoms with Crippen LogP contribution in [0.1, 0.15) is 42.7 Å². The molecule has 1 aliphatic carbocycles. The van der Waals surface area contributed by atoms with Crippen molar-refractivity contribution in [2.45, 2.75) is 44.6 Å². The first kappa shape index (κ1) is 14.1. The lowest BCUT2D eigenvalue weighted by Gasteiger charge is -2.33. The van der Waals surface area contributed by atoms with Crippen molar-refractivity contribution in [3.05, 3.63) is 65.5 Å². The fourth-order valence-corrected chi connectivity index (χ4v) is 3.30. The molecular formula is C19H22FN. The van der Waals surface area contributed by atoms with E-state index in [2.05, 4.69) is 35.6 Å². The normalized spacial score (nSPS) is 22.0. The Bertz CT molecular complexity index is 594. The smallest absolute Gasteiger partial charge is 0.128 e. The highest BCUT2D eigenvalue weighted by atomic mass is 19.1. The molecule has 2 heteroatoms. The summed E-state index contributed by atoms with van der Waals surface area (Å²) in [6.45, 7) is 1.80. The van der Waals surface area contributed by atoms with Crippen molar-refractivity contribution in [1.82, 2.24) is 0 Å². The number of aryl methyl sites for hydroxylation is 1. The van der Waals surface area contributed by atoms with Crippen LogP contribution in [-0.2, 0) is 0 Å². The van der Waals surface area contributed by atoms with Crippen molar-refractivity contribution in [3.8, 4) is 0 Å². The van der Waals surface area contributed by atoms with Crippen LogP contribution < -0.4 is 5.32 Å². The largest absolute Gasteiger partial charge is 0.382 e. The number of halogens is 1. The predicted molar refractivity (Wildman–Crippen MR) is 86.2 cm³/mol. The first-order chi connectivity index (χ1) is 10.2. The van der Waals surface area contributed by atoms with Crippen LogP contribution in [0.4, 0.5) is 10.1 Å². The maximum Gasteiger partial charge on any atom is 0.128 e. The molecule has 0 saturated heterocycles. The molecule has 21 heavy (non-hydrogen) atoms. The highest BCUT2D eigenvalue weighted by Crippen LogP contribution is 2.35. The fraction of sp³-hybridized carbons (Fsp3) is 0.368. The second-order valence-electron chi connectivity index (χ2n) is 6.02. The van der Waals surface area contributed by atoms with E-state index in [9.17, 15) is 4.39 Å². The Morgan fingerprint density at radius 2 is 1.76 bits per heavy atom. The molecule has 0 amide bonds. The van der Waals surface area contributed by atoms with Gasteiger partial charge in [-0.1, -0.05) is 49.2 Å². The van der Waals surface area contributed by atoms with Crippen LogP contribution in [0.2, 0.25) is 0 Å². The van der Waals surface area contributed by atoms with Crippen molar-refractivity contribution < 1.29 is 4.39 Å². The third kappa shape index (κ3) is 3.26. The van der Waals surface area contributed by atoms with Crippen molar-refractivity contribution in [2.75, 3.05) is 5.32 Å². The monoisotopic (exact) mass is 283 g/mol. The van der Waals surface area contributed by atoms with E-state index in [1.807, 2.05) is 12.1 Å². The van der Waals surface area contributed by atoms with Crippen molar-refractivity contribution in [1.29, 1.82) is 0 Å². The maximum atomic E-state index is 13.7. The summed E-state index contributed by atoms with van der Waals surface area (Å²) in [5.41, 5.74) is 2.98. The van der Waals surface area contributed by atoms with Gasteiger partial charge in [0.15, 0.2) is 0 Å². The van der Waals surface area contributed by atoms with Crippen molar-refractivity contribution >= 4 is 5.69 Å². The van der Waals surface area contributed by atoms with Crippen LogP contribution >= 0.6 is 0 Å². The van der Waals surface area contributed by atoms with Crippen molar-refractivity contribution in [3.63, 3.8) is 0 Å². The van der Waals surface area contributed by atoms with Gasteiger partial charge >= 0.3 is 0 Å². The number of hydrogen-bond acceptors (Lipinski definition) is 1. The summed E-state index contributed by atoms with van der Waals surface area (Å²) >= 11 is 0. The second kappa shape index (κ2) is 6.30. The molecule has 0 aromatic heterocycles. The Labute approximate surface area is 126 Å². The van der Waals surface area contributed by atoms with Gasteiger partial charge in [0.25, 0.3) is 0 Å². The molecule has 0 spiro atoms. The summed E-state index contributed by atoms with van der Waals surface area (Å²) < 4.78 is 13.7. The molecule has 1 nitrogen and oxygen atoms in total. The molecule has 3 rings (SSSR count). The van der Waals surface area contributed by atoms with Gasteiger partial charge in [-0.3, -0.25) is 0 Å². The third-order valence-corrected chi connectivity index (χ3v) is 4.52. The number of nitrogens with one attached hydrogen (secondary N) is 1. The molecule has 0 bridgehead atoms. The van der Waals surface area contributed by atoms with Gasteiger partial charge in [0.1, 0.15) is 5.82 Å². The standard InChI is InChI=1S/C19H22FN/c1-14-11-12-16(13-18(14)20)21-19-10-6-5-9-17(19)15-7-3-2-4-8-15/h2-4,7-8,11-13,17,19,21H,5-6,9-10H2,1H3. The molecule has 0 heterocycles. The topological polar surface area (TPSA) is 12.0 Å². The Morgan fingerprint density at radius 1 is 1.00 bits per heavy atom. The SMILES string of the molecule is Cc1ccc(NC2CCCCC2c2ccccc2)cc1F. The Balaban J connectivity index is 1.79. The van der Waals surface area contributed by atoms with Crippen LogP contribution in [0.5, 0.6) is 0 Å². The van der Waals surface area contributed by atoms with Gasteiger partial charge in [-0.05, 0) is 43.0 Å². The Morgan fingerprint density at radius 3 is 2.52 bits per heavy atom. The molecule has 1 aliphatic rings. The molecule has 2 aromatic rings. The average molecular weight is 283 g/mol. The number of anilines is 1. The van der Waals surface area contributed by atoms with E-state index in [0.29, 0.717) is 17.5 Å². The molecule has 1 saturated carbocycles. The average Bonchev–Trinajstić information content (AvgIpc) is 2.52. The summed E-state index contributed by atoms with van der Waals surface area (Å²) in [4.78, 5) is 0. The molecule has 110 valence electrons. The maximum absolute atomic E-state index is 13.7. The van der Waals surface area contributed by atoms with Crippen LogP contribution in [-0.4, -0.2) is 6.04 Å². The van der Waals surface area contributed by atoms with E-state index < -0.39 is 0 Å². The number of benzene rings is 2. The van der Waals surface area contributed by atoms with Crippen LogP contribution in [0, 0.1) is 12.7 Å². The lowest BCUT2D eigenvalue weighted by molar-refractivity contribution is 0.405. The van der Waals surface area contributed by atoms with Gasteiger partial charge < -0.3 is 5.32 Å². The Kier molecular flexibility index (Phi) is 4.23. The molecule has 1 N–H and O–H groups in total. The van der Waals surface area contributed by atoms with Crippen LogP contribution in [0.25, 0.3) is 0 Å².